The van der Waals surface area contributed by atoms with E-state index in [4.69, 9.17) is 0 Å². The van der Waals surface area contributed by atoms with Gasteiger partial charge in [0.05, 0.1) is 17.4 Å². The minimum absolute atomic E-state index is 0.0505. The van der Waals surface area contributed by atoms with Crippen LogP contribution in [0.4, 0.5) is 5.69 Å². The van der Waals surface area contributed by atoms with E-state index in [-0.39, 0.29) is 5.91 Å². The smallest absolute Gasteiger partial charge is 0.255 e. The predicted octanol–water partition coefficient (Wildman–Crippen LogP) is 1.62. The highest BCUT2D eigenvalue weighted by atomic mass is 16.2. The van der Waals surface area contributed by atoms with E-state index in [1.807, 2.05) is 11.0 Å². The number of anilines is 1. The molecule has 1 aromatic rings. The molecule has 1 saturated heterocycles. The Morgan fingerprint density at radius 3 is 2.39 bits per heavy atom. The Morgan fingerprint density at radius 2 is 1.83 bits per heavy atom. The van der Waals surface area contributed by atoms with Crippen molar-refractivity contribution in [3.05, 3.63) is 24.0 Å². The molecule has 1 fully saturated rings. The van der Waals surface area contributed by atoms with Crippen LogP contribution >= 0.6 is 0 Å². The third-order valence-electron chi connectivity index (χ3n) is 4.07. The first-order valence-electron chi connectivity index (χ1n) is 8.38. The Hall–Kier alpha value is -2.11. The van der Waals surface area contributed by atoms with E-state index in [2.05, 4.69) is 23.7 Å². The van der Waals surface area contributed by atoms with Gasteiger partial charge in [-0.3, -0.25) is 14.6 Å². The number of carbonyl (C=O) groups excluding carboxylic acids is 2. The molecule has 6 heteroatoms. The minimum Gasteiger partial charge on any atom is -0.367 e. The summed E-state index contributed by atoms with van der Waals surface area (Å²) in [4.78, 5) is 33.5. The Morgan fingerprint density at radius 1 is 1.17 bits per heavy atom. The first kappa shape index (κ1) is 17.2. The van der Waals surface area contributed by atoms with Crippen molar-refractivity contribution in [3.63, 3.8) is 0 Å². The van der Waals surface area contributed by atoms with Crippen molar-refractivity contribution in [2.45, 2.75) is 26.7 Å². The van der Waals surface area contributed by atoms with Crippen LogP contribution in [0, 0.1) is 0 Å². The number of nitrogens with zero attached hydrogens (tertiary/aromatic N) is 4. The van der Waals surface area contributed by atoms with Crippen molar-refractivity contribution in [2.24, 2.45) is 0 Å². The second-order valence-corrected chi connectivity index (χ2v) is 5.85. The summed E-state index contributed by atoms with van der Waals surface area (Å²) >= 11 is 0. The summed E-state index contributed by atoms with van der Waals surface area (Å²) in [6.07, 6.45) is 6.23. The summed E-state index contributed by atoms with van der Waals surface area (Å²) in [7, 11) is 0. The van der Waals surface area contributed by atoms with Gasteiger partial charge in [0.2, 0.25) is 6.41 Å². The second-order valence-electron chi connectivity index (χ2n) is 5.85. The molecule has 0 saturated carbocycles. The molecule has 0 N–H and O–H groups in total. The normalized spacial score (nSPS) is 14.7. The average Bonchev–Trinajstić information content (AvgIpc) is 2.61. The molecule has 0 bridgehead atoms. The first-order valence-corrected chi connectivity index (χ1v) is 8.38. The highest BCUT2D eigenvalue weighted by Gasteiger charge is 2.19. The monoisotopic (exact) mass is 318 g/mol. The van der Waals surface area contributed by atoms with Gasteiger partial charge in [-0.05, 0) is 18.9 Å². The third kappa shape index (κ3) is 4.43. The number of hydrogen-bond donors (Lipinski definition) is 0. The molecule has 126 valence electrons. The largest absolute Gasteiger partial charge is 0.367 e. The molecule has 0 aromatic carbocycles. The van der Waals surface area contributed by atoms with Gasteiger partial charge in [0.1, 0.15) is 0 Å². The van der Waals surface area contributed by atoms with Gasteiger partial charge in [-0.1, -0.05) is 13.8 Å². The maximum absolute atomic E-state index is 12.7. The fourth-order valence-corrected chi connectivity index (χ4v) is 2.84. The van der Waals surface area contributed by atoms with Gasteiger partial charge < -0.3 is 14.7 Å². The minimum atomic E-state index is 0.0505. The van der Waals surface area contributed by atoms with Gasteiger partial charge in [-0.15, -0.1) is 0 Å². The Labute approximate surface area is 138 Å². The molecule has 0 spiro atoms. The Bertz CT molecular complexity index is 521. The SMILES string of the molecule is CCCN(CCC)C(=O)c1cncc(N2CCN(C=O)CC2)c1. The lowest BCUT2D eigenvalue weighted by atomic mass is 10.2. The predicted molar refractivity (Wildman–Crippen MR) is 90.6 cm³/mol. The van der Waals surface area contributed by atoms with E-state index in [9.17, 15) is 9.59 Å². The summed E-state index contributed by atoms with van der Waals surface area (Å²) in [6.45, 7) is 8.66. The molecule has 1 aliphatic rings. The molecule has 2 heterocycles. The maximum Gasteiger partial charge on any atom is 0.255 e. The van der Waals surface area contributed by atoms with E-state index in [0.29, 0.717) is 18.7 Å². The Kier molecular flexibility index (Phi) is 6.38. The molecule has 0 unspecified atom stereocenters. The molecule has 0 aliphatic carbocycles. The van der Waals surface area contributed by atoms with Crippen molar-refractivity contribution in [2.75, 3.05) is 44.2 Å². The number of piperazine rings is 1. The van der Waals surface area contributed by atoms with Crippen LogP contribution in [-0.4, -0.2) is 66.4 Å². The van der Waals surface area contributed by atoms with Crippen LogP contribution in [0.2, 0.25) is 0 Å². The molecule has 1 aromatic heterocycles. The maximum atomic E-state index is 12.7. The summed E-state index contributed by atoms with van der Waals surface area (Å²) < 4.78 is 0. The first-order chi connectivity index (χ1) is 11.2. The zero-order valence-corrected chi connectivity index (χ0v) is 14.1. The number of amides is 2. The quantitative estimate of drug-likeness (QED) is 0.717. The summed E-state index contributed by atoms with van der Waals surface area (Å²) in [6, 6.07) is 1.92. The van der Waals surface area contributed by atoms with Crippen LogP contribution in [0.3, 0.4) is 0 Å². The lowest BCUT2D eigenvalue weighted by Gasteiger charge is -2.34. The van der Waals surface area contributed by atoms with Gasteiger partial charge in [-0.2, -0.15) is 0 Å². The lowest BCUT2D eigenvalue weighted by molar-refractivity contribution is -0.118. The van der Waals surface area contributed by atoms with Crippen LogP contribution in [0.15, 0.2) is 18.5 Å². The highest BCUT2D eigenvalue weighted by molar-refractivity contribution is 5.94. The van der Waals surface area contributed by atoms with Gasteiger partial charge >= 0.3 is 0 Å². The van der Waals surface area contributed by atoms with Crippen molar-refractivity contribution < 1.29 is 9.59 Å². The molecule has 0 atom stereocenters. The van der Waals surface area contributed by atoms with Crippen molar-refractivity contribution in [1.29, 1.82) is 0 Å². The van der Waals surface area contributed by atoms with E-state index in [1.165, 1.54) is 0 Å². The summed E-state index contributed by atoms with van der Waals surface area (Å²) in [5.74, 6) is 0.0505. The topological polar surface area (TPSA) is 56.8 Å². The molecule has 2 amide bonds. The van der Waals surface area contributed by atoms with Crippen LogP contribution in [0.1, 0.15) is 37.0 Å². The average molecular weight is 318 g/mol. The molecule has 6 nitrogen and oxygen atoms in total. The Balaban J connectivity index is 2.09. The second kappa shape index (κ2) is 8.50. The van der Waals surface area contributed by atoms with Crippen molar-refractivity contribution in [1.82, 2.24) is 14.8 Å². The zero-order chi connectivity index (χ0) is 16.7. The number of aromatic nitrogens is 1. The molecule has 2 rings (SSSR count). The van der Waals surface area contributed by atoms with Gasteiger partial charge in [0.15, 0.2) is 0 Å². The van der Waals surface area contributed by atoms with E-state index in [1.54, 1.807) is 17.3 Å². The zero-order valence-electron chi connectivity index (χ0n) is 14.1. The van der Waals surface area contributed by atoms with Crippen LogP contribution in [0.5, 0.6) is 0 Å². The van der Waals surface area contributed by atoms with E-state index >= 15 is 0 Å². The van der Waals surface area contributed by atoms with Gasteiger partial charge in [0.25, 0.3) is 5.91 Å². The van der Waals surface area contributed by atoms with Gasteiger partial charge in [0, 0.05) is 45.5 Å². The van der Waals surface area contributed by atoms with Crippen molar-refractivity contribution in [3.8, 4) is 0 Å². The van der Waals surface area contributed by atoms with Crippen LogP contribution in [-0.2, 0) is 4.79 Å². The molecular weight excluding hydrogens is 292 g/mol. The summed E-state index contributed by atoms with van der Waals surface area (Å²) in [5, 5.41) is 0. The third-order valence-corrected chi connectivity index (χ3v) is 4.07. The molecule has 1 aliphatic heterocycles. The fraction of sp³-hybridized carbons (Fsp3) is 0.588. The number of rotatable bonds is 7. The van der Waals surface area contributed by atoms with Gasteiger partial charge in [-0.25, -0.2) is 0 Å². The lowest BCUT2D eigenvalue weighted by Crippen LogP contribution is -2.45. The van der Waals surface area contributed by atoms with E-state index in [0.717, 1.165) is 51.1 Å². The number of pyridine rings is 1. The van der Waals surface area contributed by atoms with Crippen LogP contribution < -0.4 is 4.90 Å². The van der Waals surface area contributed by atoms with Crippen molar-refractivity contribution >= 4 is 18.0 Å². The number of carbonyl (C=O) groups is 2. The van der Waals surface area contributed by atoms with Crippen LogP contribution in [0.25, 0.3) is 0 Å². The molecule has 0 radical (unpaired) electrons. The van der Waals surface area contributed by atoms with E-state index < -0.39 is 0 Å². The highest BCUT2D eigenvalue weighted by Crippen LogP contribution is 2.18. The fourth-order valence-electron chi connectivity index (χ4n) is 2.84. The summed E-state index contributed by atoms with van der Waals surface area (Å²) in [5.41, 5.74) is 1.59. The standard InChI is InChI=1S/C17H26N4O2/c1-3-5-21(6-4-2)17(23)15-11-16(13-18-12-15)20-9-7-19(14-22)8-10-20/h11-14H,3-10H2,1-2H3. The molecular formula is C17H26N4O2. The number of hydrogen-bond acceptors (Lipinski definition) is 4. The molecule has 23 heavy (non-hydrogen) atoms.